The number of carboxylic acid groups (broad SMARTS) is 1. The van der Waals surface area contributed by atoms with Crippen molar-refractivity contribution in [1.82, 2.24) is 4.90 Å². The Morgan fingerprint density at radius 2 is 1.76 bits per heavy atom. The molecule has 0 unspecified atom stereocenters. The quantitative estimate of drug-likeness (QED) is 0.413. The number of nitrogens with zero attached hydrogens (tertiary/aromatic N) is 1. The molecule has 3 nitrogen and oxygen atoms in total. The van der Waals surface area contributed by atoms with Crippen molar-refractivity contribution in [2.45, 2.75) is 95.4 Å². The summed E-state index contributed by atoms with van der Waals surface area (Å²) in [5, 5.41) is 9.31. The summed E-state index contributed by atoms with van der Waals surface area (Å²) in [6.45, 7) is 5.26. The van der Waals surface area contributed by atoms with E-state index < -0.39 is 23.4 Å². The van der Waals surface area contributed by atoms with Gasteiger partial charge in [0.15, 0.2) is 0 Å². The molecule has 1 aromatic carbocycles. The van der Waals surface area contributed by atoms with Gasteiger partial charge in [0.25, 0.3) is 0 Å². The fourth-order valence-electron chi connectivity index (χ4n) is 5.88. The second-order valence-corrected chi connectivity index (χ2v) is 10.6. The number of alkyl halides is 4. The Hall–Kier alpha value is -1.63. The van der Waals surface area contributed by atoms with Gasteiger partial charge in [-0.05, 0) is 67.6 Å². The van der Waals surface area contributed by atoms with Gasteiger partial charge in [-0.25, -0.2) is 4.39 Å². The van der Waals surface area contributed by atoms with Crippen molar-refractivity contribution in [3.8, 4) is 0 Å². The van der Waals surface area contributed by atoms with E-state index in [4.69, 9.17) is 0 Å². The summed E-state index contributed by atoms with van der Waals surface area (Å²) < 4.78 is 55.1. The minimum Gasteiger partial charge on any atom is -0.481 e. The molecule has 0 heterocycles. The molecule has 0 spiro atoms. The van der Waals surface area contributed by atoms with E-state index in [9.17, 15) is 23.1 Å². The summed E-state index contributed by atoms with van der Waals surface area (Å²) in [5.41, 5.74) is -1.13. The highest BCUT2D eigenvalue weighted by Crippen LogP contribution is 2.43. The standard InChI is InChI=1S/C26H37F4NO2/c1-18(2)16-31(17-25(27)12-4-3-5-13-25)23-11-6-19(15-24(32)33)14-22(23)20-7-9-21(10-8-20)26(28,29)30/h7-10,18-19,22-23H,3-6,11-17H2,1-2H3,(H,32,33)/t19-,22+,23-/m1/s1. The van der Waals surface area contributed by atoms with E-state index >= 15 is 4.39 Å². The Morgan fingerprint density at radius 3 is 2.30 bits per heavy atom. The van der Waals surface area contributed by atoms with Crippen LogP contribution in [0.1, 0.15) is 88.7 Å². The molecule has 3 atom stereocenters. The minimum atomic E-state index is -4.40. The summed E-state index contributed by atoms with van der Waals surface area (Å²) in [6, 6.07) is 5.27. The molecule has 1 N–H and O–H groups in total. The molecule has 2 saturated carbocycles. The maximum Gasteiger partial charge on any atom is 0.416 e. The van der Waals surface area contributed by atoms with Gasteiger partial charge in [0, 0.05) is 25.6 Å². The average molecular weight is 472 g/mol. The van der Waals surface area contributed by atoms with E-state index in [1.165, 1.54) is 12.1 Å². The number of carboxylic acids is 1. The highest BCUT2D eigenvalue weighted by molar-refractivity contribution is 5.67. The van der Waals surface area contributed by atoms with E-state index in [0.29, 0.717) is 31.7 Å². The average Bonchev–Trinajstić information content (AvgIpc) is 2.72. The number of rotatable bonds is 8. The molecule has 0 aromatic heterocycles. The van der Waals surface area contributed by atoms with Crippen molar-refractivity contribution >= 4 is 5.97 Å². The lowest BCUT2D eigenvalue weighted by atomic mass is 9.72. The molecule has 3 rings (SSSR count). The van der Waals surface area contributed by atoms with Crippen LogP contribution >= 0.6 is 0 Å². The Morgan fingerprint density at radius 1 is 1.12 bits per heavy atom. The van der Waals surface area contributed by atoms with Gasteiger partial charge in [-0.1, -0.05) is 45.2 Å². The second-order valence-electron chi connectivity index (χ2n) is 10.6. The molecule has 2 aliphatic rings. The first kappa shape index (κ1) is 26.0. The van der Waals surface area contributed by atoms with Crippen LogP contribution in [0.3, 0.4) is 0 Å². The molecular weight excluding hydrogens is 434 g/mol. The maximum absolute atomic E-state index is 15.7. The van der Waals surface area contributed by atoms with Gasteiger partial charge in [0.2, 0.25) is 0 Å². The zero-order chi connectivity index (χ0) is 24.2. The zero-order valence-corrected chi connectivity index (χ0v) is 19.7. The lowest BCUT2D eigenvalue weighted by Gasteiger charge is -2.46. The lowest BCUT2D eigenvalue weighted by Crippen LogP contribution is -2.51. The van der Waals surface area contributed by atoms with Gasteiger partial charge in [-0.2, -0.15) is 13.2 Å². The summed E-state index contributed by atoms with van der Waals surface area (Å²) in [4.78, 5) is 13.6. The molecule has 2 fully saturated rings. The maximum atomic E-state index is 15.7. The first-order valence-electron chi connectivity index (χ1n) is 12.3. The number of hydrogen-bond donors (Lipinski definition) is 1. The van der Waals surface area contributed by atoms with Gasteiger partial charge < -0.3 is 5.11 Å². The number of carbonyl (C=O) groups is 1. The van der Waals surface area contributed by atoms with E-state index in [2.05, 4.69) is 18.7 Å². The molecule has 1 aromatic rings. The molecule has 33 heavy (non-hydrogen) atoms. The van der Waals surface area contributed by atoms with Gasteiger partial charge in [0.05, 0.1) is 5.56 Å². The third-order valence-corrected chi connectivity index (χ3v) is 7.36. The van der Waals surface area contributed by atoms with Gasteiger partial charge in [-0.3, -0.25) is 9.69 Å². The fraction of sp³-hybridized carbons (Fsp3) is 0.731. The van der Waals surface area contributed by atoms with Crippen molar-refractivity contribution in [2.75, 3.05) is 13.1 Å². The number of aliphatic carboxylic acids is 1. The first-order chi connectivity index (χ1) is 15.5. The Kier molecular flexibility index (Phi) is 8.46. The van der Waals surface area contributed by atoms with Crippen LogP contribution in [0.15, 0.2) is 24.3 Å². The van der Waals surface area contributed by atoms with E-state index in [-0.39, 0.29) is 24.3 Å². The lowest BCUT2D eigenvalue weighted by molar-refractivity contribution is -0.139. The summed E-state index contributed by atoms with van der Waals surface area (Å²) in [6.07, 6.45) is 1.67. The third kappa shape index (κ3) is 7.17. The van der Waals surface area contributed by atoms with Crippen LogP contribution < -0.4 is 0 Å². The Labute approximate surface area is 194 Å². The van der Waals surface area contributed by atoms with E-state index in [1.807, 2.05) is 0 Å². The fourth-order valence-corrected chi connectivity index (χ4v) is 5.88. The minimum absolute atomic E-state index is 0.0104. The van der Waals surface area contributed by atoms with Crippen LogP contribution in [-0.2, 0) is 11.0 Å². The zero-order valence-electron chi connectivity index (χ0n) is 19.7. The van der Waals surface area contributed by atoms with Crippen LogP contribution in [0, 0.1) is 11.8 Å². The molecule has 0 bridgehead atoms. The predicted molar refractivity (Wildman–Crippen MR) is 121 cm³/mol. The van der Waals surface area contributed by atoms with Gasteiger partial charge in [0.1, 0.15) is 5.67 Å². The van der Waals surface area contributed by atoms with Crippen molar-refractivity contribution in [3.05, 3.63) is 35.4 Å². The predicted octanol–water partition coefficient (Wildman–Crippen LogP) is 7.06. The van der Waals surface area contributed by atoms with Crippen LogP contribution in [-0.4, -0.2) is 40.8 Å². The molecular formula is C26H37F4NO2. The first-order valence-corrected chi connectivity index (χ1v) is 12.3. The Balaban J connectivity index is 1.89. The van der Waals surface area contributed by atoms with E-state index in [0.717, 1.165) is 56.3 Å². The third-order valence-electron chi connectivity index (χ3n) is 7.36. The summed E-state index contributed by atoms with van der Waals surface area (Å²) in [7, 11) is 0. The van der Waals surface area contributed by atoms with Gasteiger partial charge >= 0.3 is 12.1 Å². The number of hydrogen-bond acceptors (Lipinski definition) is 2. The molecule has 0 radical (unpaired) electrons. The molecule has 7 heteroatoms. The summed E-state index contributed by atoms with van der Waals surface area (Å²) in [5.74, 6) is -0.673. The molecule has 186 valence electrons. The summed E-state index contributed by atoms with van der Waals surface area (Å²) >= 11 is 0. The molecule has 0 aliphatic heterocycles. The number of benzene rings is 1. The largest absolute Gasteiger partial charge is 0.481 e. The van der Waals surface area contributed by atoms with Crippen molar-refractivity contribution in [2.24, 2.45) is 11.8 Å². The molecule has 2 aliphatic carbocycles. The van der Waals surface area contributed by atoms with Crippen molar-refractivity contribution in [3.63, 3.8) is 0 Å². The van der Waals surface area contributed by atoms with Crippen LogP contribution in [0.2, 0.25) is 0 Å². The van der Waals surface area contributed by atoms with Crippen molar-refractivity contribution in [1.29, 1.82) is 0 Å². The highest BCUT2D eigenvalue weighted by atomic mass is 19.4. The van der Waals surface area contributed by atoms with Crippen LogP contribution in [0.5, 0.6) is 0 Å². The Bertz CT molecular complexity index is 771. The monoisotopic (exact) mass is 471 g/mol. The topological polar surface area (TPSA) is 40.5 Å². The van der Waals surface area contributed by atoms with Crippen LogP contribution in [0.4, 0.5) is 17.6 Å². The smallest absolute Gasteiger partial charge is 0.416 e. The highest BCUT2D eigenvalue weighted by Gasteiger charge is 2.41. The van der Waals surface area contributed by atoms with Gasteiger partial charge in [-0.15, -0.1) is 0 Å². The van der Waals surface area contributed by atoms with Crippen LogP contribution in [0.25, 0.3) is 0 Å². The second kappa shape index (κ2) is 10.7. The molecule has 0 amide bonds. The van der Waals surface area contributed by atoms with Crippen molar-refractivity contribution < 1.29 is 27.5 Å². The number of halogens is 4. The normalized spacial score (nSPS) is 26.0. The SMILES string of the molecule is CC(C)CN(CC1(F)CCCCC1)[C@@H]1CC[C@@H](CC(=O)O)C[C@H]1c1ccc(C(F)(F)F)cc1. The van der Waals surface area contributed by atoms with E-state index in [1.54, 1.807) is 0 Å². The molecule has 0 saturated heterocycles.